The Morgan fingerprint density at radius 2 is 2.33 bits per heavy atom. The fourth-order valence-corrected chi connectivity index (χ4v) is 1.52. The van der Waals surface area contributed by atoms with Crippen molar-refractivity contribution >= 4 is 5.91 Å². The van der Waals surface area contributed by atoms with Gasteiger partial charge in [0.2, 0.25) is 5.91 Å². The van der Waals surface area contributed by atoms with E-state index < -0.39 is 0 Å². The highest BCUT2D eigenvalue weighted by Gasteiger charge is 2.18. The molecular formula is C11H14N2O2. The SMILES string of the molecule is O=C(Cc1cccc(O)c1)NC1CNC1. The van der Waals surface area contributed by atoms with Gasteiger partial charge in [0.05, 0.1) is 12.5 Å². The zero-order valence-electron chi connectivity index (χ0n) is 8.36. The molecule has 15 heavy (non-hydrogen) atoms. The molecule has 1 aromatic carbocycles. The van der Waals surface area contributed by atoms with E-state index in [1.807, 2.05) is 6.07 Å². The molecule has 1 aromatic rings. The Hall–Kier alpha value is -1.55. The van der Waals surface area contributed by atoms with Crippen molar-refractivity contribution in [2.45, 2.75) is 12.5 Å². The highest BCUT2D eigenvalue weighted by molar-refractivity contribution is 5.79. The van der Waals surface area contributed by atoms with Crippen molar-refractivity contribution < 1.29 is 9.90 Å². The van der Waals surface area contributed by atoms with Crippen molar-refractivity contribution in [3.8, 4) is 5.75 Å². The summed E-state index contributed by atoms with van der Waals surface area (Å²) in [5.41, 5.74) is 0.833. The molecular weight excluding hydrogens is 192 g/mol. The zero-order chi connectivity index (χ0) is 10.7. The molecule has 3 N–H and O–H groups in total. The van der Waals surface area contributed by atoms with E-state index in [9.17, 15) is 9.90 Å². The van der Waals surface area contributed by atoms with Crippen LogP contribution in [0, 0.1) is 0 Å². The number of rotatable bonds is 3. The van der Waals surface area contributed by atoms with Crippen LogP contribution in [0.2, 0.25) is 0 Å². The number of carbonyl (C=O) groups excluding carboxylic acids is 1. The first-order chi connectivity index (χ1) is 7.24. The zero-order valence-corrected chi connectivity index (χ0v) is 8.36. The fraction of sp³-hybridized carbons (Fsp3) is 0.364. The summed E-state index contributed by atoms with van der Waals surface area (Å²) >= 11 is 0. The van der Waals surface area contributed by atoms with Crippen LogP contribution in [0.3, 0.4) is 0 Å². The topological polar surface area (TPSA) is 61.4 Å². The Kier molecular flexibility index (Phi) is 2.87. The van der Waals surface area contributed by atoms with Gasteiger partial charge in [0, 0.05) is 13.1 Å². The van der Waals surface area contributed by atoms with E-state index >= 15 is 0 Å². The summed E-state index contributed by atoms with van der Waals surface area (Å²) in [6, 6.07) is 7.05. The van der Waals surface area contributed by atoms with Crippen LogP contribution in [0.1, 0.15) is 5.56 Å². The number of carbonyl (C=O) groups is 1. The van der Waals surface area contributed by atoms with Gasteiger partial charge in [-0.15, -0.1) is 0 Å². The van der Waals surface area contributed by atoms with Gasteiger partial charge in [-0.25, -0.2) is 0 Å². The first kappa shape index (κ1) is 9.98. The Morgan fingerprint density at radius 1 is 1.53 bits per heavy atom. The van der Waals surface area contributed by atoms with Gasteiger partial charge in [0.15, 0.2) is 0 Å². The maximum atomic E-state index is 11.5. The second kappa shape index (κ2) is 4.31. The summed E-state index contributed by atoms with van der Waals surface area (Å²) in [5.74, 6) is 0.206. The summed E-state index contributed by atoms with van der Waals surface area (Å²) in [6.45, 7) is 1.71. The van der Waals surface area contributed by atoms with Crippen LogP contribution >= 0.6 is 0 Å². The van der Waals surface area contributed by atoms with Crippen LogP contribution in [0.4, 0.5) is 0 Å². The quantitative estimate of drug-likeness (QED) is 0.653. The fourth-order valence-electron chi connectivity index (χ4n) is 1.52. The van der Waals surface area contributed by atoms with Crippen molar-refractivity contribution in [2.24, 2.45) is 0 Å². The molecule has 0 bridgehead atoms. The second-order valence-electron chi connectivity index (χ2n) is 3.77. The third kappa shape index (κ3) is 2.70. The molecule has 1 heterocycles. The molecule has 0 aliphatic carbocycles. The van der Waals surface area contributed by atoms with Gasteiger partial charge in [-0.05, 0) is 17.7 Å². The standard InChI is InChI=1S/C11H14N2O2/c14-10-3-1-2-8(4-10)5-11(15)13-9-6-12-7-9/h1-4,9,12,14H,5-7H2,(H,13,15). The Balaban J connectivity index is 1.87. The number of aromatic hydroxyl groups is 1. The maximum Gasteiger partial charge on any atom is 0.224 e. The summed E-state index contributed by atoms with van der Waals surface area (Å²) in [7, 11) is 0. The summed E-state index contributed by atoms with van der Waals surface area (Å²) < 4.78 is 0. The van der Waals surface area contributed by atoms with Crippen molar-refractivity contribution in [3.63, 3.8) is 0 Å². The molecule has 1 fully saturated rings. The van der Waals surface area contributed by atoms with Crippen molar-refractivity contribution in [3.05, 3.63) is 29.8 Å². The van der Waals surface area contributed by atoms with Gasteiger partial charge < -0.3 is 15.7 Å². The van der Waals surface area contributed by atoms with Crippen molar-refractivity contribution in [1.29, 1.82) is 0 Å². The number of nitrogens with one attached hydrogen (secondary N) is 2. The Bertz CT molecular complexity index is 361. The molecule has 0 radical (unpaired) electrons. The van der Waals surface area contributed by atoms with Crippen LogP contribution in [0.5, 0.6) is 5.75 Å². The highest BCUT2D eigenvalue weighted by atomic mass is 16.3. The van der Waals surface area contributed by atoms with E-state index in [0.29, 0.717) is 6.42 Å². The van der Waals surface area contributed by atoms with E-state index in [1.54, 1.807) is 18.2 Å². The molecule has 2 rings (SSSR count). The minimum atomic E-state index is 0.00657. The van der Waals surface area contributed by atoms with Crippen LogP contribution in [0.25, 0.3) is 0 Å². The number of amides is 1. The van der Waals surface area contributed by atoms with E-state index in [0.717, 1.165) is 18.7 Å². The molecule has 1 aliphatic rings. The second-order valence-corrected chi connectivity index (χ2v) is 3.77. The predicted octanol–water partition coefficient (Wildman–Crippen LogP) is 0.0227. The van der Waals surface area contributed by atoms with Crippen molar-refractivity contribution in [1.82, 2.24) is 10.6 Å². The van der Waals surface area contributed by atoms with Gasteiger partial charge in [-0.1, -0.05) is 12.1 Å². The molecule has 1 saturated heterocycles. The highest BCUT2D eigenvalue weighted by Crippen LogP contribution is 2.11. The van der Waals surface area contributed by atoms with E-state index in [2.05, 4.69) is 10.6 Å². The van der Waals surface area contributed by atoms with Crippen LogP contribution in [0.15, 0.2) is 24.3 Å². The Labute approximate surface area is 88.3 Å². The van der Waals surface area contributed by atoms with E-state index in [1.165, 1.54) is 0 Å². The van der Waals surface area contributed by atoms with Gasteiger partial charge >= 0.3 is 0 Å². The molecule has 4 nitrogen and oxygen atoms in total. The van der Waals surface area contributed by atoms with Crippen LogP contribution in [-0.4, -0.2) is 30.1 Å². The number of benzene rings is 1. The molecule has 0 atom stereocenters. The summed E-state index contributed by atoms with van der Waals surface area (Å²) in [6.07, 6.45) is 0.324. The van der Waals surface area contributed by atoms with Crippen LogP contribution < -0.4 is 10.6 Å². The van der Waals surface area contributed by atoms with Gasteiger partial charge in [0.1, 0.15) is 5.75 Å². The number of phenols is 1. The van der Waals surface area contributed by atoms with Gasteiger partial charge in [-0.3, -0.25) is 4.79 Å². The Morgan fingerprint density at radius 3 is 2.93 bits per heavy atom. The first-order valence-corrected chi connectivity index (χ1v) is 5.02. The molecule has 0 spiro atoms. The smallest absolute Gasteiger partial charge is 0.224 e. The minimum Gasteiger partial charge on any atom is -0.508 e. The lowest BCUT2D eigenvalue weighted by molar-refractivity contribution is -0.121. The summed E-state index contributed by atoms with van der Waals surface area (Å²) in [4.78, 5) is 11.5. The molecule has 0 saturated carbocycles. The molecule has 1 aliphatic heterocycles. The van der Waals surface area contributed by atoms with Crippen molar-refractivity contribution in [2.75, 3.05) is 13.1 Å². The molecule has 4 heteroatoms. The molecule has 1 amide bonds. The number of hydrogen-bond donors (Lipinski definition) is 3. The van der Waals surface area contributed by atoms with Gasteiger partial charge in [-0.2, -0.15) is 0 Å². The van der Waals surface area contributed by atoms with Crippen LogP contribution in [-0.2, 0) is 11.2 Å². The monoisotopic (exact) mass is 206 g/mol. The van der Waals surface area contributed by atoms with E-state index in [4.69, 9.17) is 0 Å². The van der Waals surface area contributed by atoms with E-state index in [-0.39, 0.29) is 17.7 Å². The average Bonchev–Trinajstić information content (AvgIpc) is 2.11. The molecule has 0 aromatic heterocycles. The lowest BCUT2D eigenvalue weighted by Gasteiger charge is -2.27. The third-order valence-electron chi connectivity index (χ3n) is 2.42. The first-order valence-electron chi connectivity index (χ1n) is 5.02. The largest absolute Gasteiger partial charge is 0.508 e. The lowest BCUT2D eigenvalue weighted by atomic mass is 10.1. The third-order valence-corrected chi connectivity index (χ3v) is 2.42. The minimum absolute atomic E-state index is 0.00657. The molecule has 0 unspecified atom stereocenters. The van der Waals surface area contributed by atoms with Gasteiger partial charge in [0.25, 0.3) is 0 Å². The normalized spacial score (nSPS) is 15.7. The number of hydrogen-bond acceptors (Lipinski definition) is 3. The lowest BCUT2D eigenvalue weighted by Crippen LogP contribution is -2.57. The number of phenolic OH excluding ortho intramolecular Hbond substituents is 1. The average molecular weight is 206 g/mol. The maximum absolute atomic E-state index is 11.5. The molecule has 80 valence electrons. The summed E-state index contributed by atoms with van der Waals surface area (Å²) in [5, 5.41) is 15.2. The predicted molar refractivity (Wildman–Crippen MR) is 56.6 cm³/mol.